The number of benzene rings is 1. The lowest BCUT2D eigenvalue weighted by molar-refractivity contribution is -0.138. The summed E-state index contributed by atoms with van der Waals surface area (Å²) >= 11 is 1.48. The van der Waals surface area contributed by atoms with Crippen molar-refractivity contribution in [2.75, 3.05) is 5.32 Å². The first-order valence-corrected chi connectivity index (χ1v) is 7.87. The van der Waals surface area contributed by atoms with Gasteiger partial charge in [-0.2, -0.15) is 13.2 Å². The van der Waals surface area contributed by atoms with E-state index >= 15 is 0 Å². The van der Waals surface area contributed by atoms with Gasteiger partial charge in [-0.1, -0.05) is 18.2 Å². The maximum absolute atomic E-state index is 13.2. The molecule has 2 heterocycles. The van der Waals surface area contributed by atoms with E-state index in [4.69, 9.17) is 0 Å². The molecule has 0 fully saturated rings. The molecule has 120 valence electrons. The Morgan fingerprint density at radius 3 is 2.65 bits per heavy atom. The number of aryl methyl sites for hydroxylation is 1. The molecule has 0 saturated carbocycles. The van der Waals surface area contributed by atoms with Crippen LogP contribution < -0.4 is 5.32 Å². The van der Waals surface area contributed by atoms with E-state index in [-0.39, 0.29) is 5.56 Å². The topological polar surface area (TPSA) is 37.8 Å². The van der Waals surface area contributed by atoms with Crippen LogP contribution in [0.2, 0.25) is 0 Å². The van der Waals surface area contributed by atoms with Crippen LogP contribution in [0.1, 0.15) is 29.7 Å². The largest absolute Gasteiger partial charge is 0.416 e. The van der Waals surface area contributed by atoms with E-state index in [0.29, 0.717) is 5.82 Å². The van der Waals surface area contributed by atoms with Gasteiger partial charge < -0.3 is 5.32 Å². The fraction of sp³-hybridized carbons (Fsp3) is 0.250. The van der Waals surface area contributed by atoms with E-state index in [9.17, 15) is 13.2 Å². The number of fused-ring (bicyclic) bond motifs is 1. The third-order valence-electron chi connectivity index (χ3n) is 3.62. The Hall–Kier alpha value is -2.15. The van der Waals surface area contributed by atoms with Crippen molar-refractivity contribution in [3.63, 3.8) is 0 Å². The zero-order valence-electron chi connectivity index (χ0n) is 12.5. The molecule has 3 aromatic rings. The highest BCUT2D eigenvalue weighted by Crippen LogP contribution is 2.36. The second kappa shape index (κ2) is 5.81. The average molecular weight is 337 g/mol. The van der Waals surface area contributed by atoms with Crippen molar-refractivity contribution < 1.29 is 13.2 Å². The lowest BCUT2D eigenvalue weighted by Crippen LogP contribution is -2.15. The highest BCUT2D eigenvalue weighted by molar-refractivity contribution is 7.18. The number of anilines is 1. The first-order chi connectivity index (χ1) is 10.9. The van der Waals surface area contributed by atoms with Crippen molar-refractivity contribution in [1.82, 2.24) is 9.97 Å². The van der Waals surface area contributed by atoms with Crippen LogP contribution in [0.4, 0.5) is 19.0 Å². The number of hydrogen-bond donors (Lipinski definition) is 1. The molecule has 1 aromatic carbocycles. The number of rotatable bonds is 3. The van der Waals surface area contributed by atoms with Crippen LogP contribution in [-0.4, -0.2) is 9.97 Å². The van der Waals surface area contributed by atoms with E-state index in [0.717, 1.165) is 21.8 Å². The molecule has 0 bridgehead atoms. The van der Waals surface area contributed by atoms with E-state index in [1.165, 1.54) is 29.8 Å². The first-order valence-electron chi connectivity index (χ1n) is 6.99. The zero-order valence-corrected chi connectivity index (χ0v) is 13.3. The van der Waals surface area contributed by atoms with Gasteiger partial charge in [-0.25, -0.2) is 9.97 Å². The molecule has 3 nitrogen and oxygen atoms in total. The Morgan fingerprint density at radius 2 is 1.91 bits per heavy atom. The molecule has 7 heteroatoms. The molecule has 0 spiro atoms. The average Bonchev–Trinajstić information content (AvgIpc) is 2.89. The second-order valence-corrected chi connectivity index (χ2v) is 6.15. The molecular weight excluding hydrogens is 323 g/mol. The molecule has 2 aromatic heterocycles. The Morgan fingerprint density at radius 1 is 1.17 bits per heavy atom. The number of nitrogens with zero attached hydrogens (tertiary/aromatic N) is 2. The van der Waals surface area contributed by atoms with Crippen LogP contribution in [-0.2, 0) is 6.18 Å². The lowest BCUT2D eigenvalue weighted by Gasteiger charge is -2.20. The summed E-state index contributed by atoms with van der Waals surface area (Å²) in [6.45, 7) is 3.64. The van der Waals surface area contributed by atoms with Gasteiger partial charge in [-0.15, -0.1) is 11.3 Å². The number of alkyl halides is 3. The molecule has 0 saturated heterocycles. The van der Waals surface area contributed by atoms with Gasteiger partial charge in [0.25, 0.3) is 0 Å². The molecule has 0 radical (unpaired) electrons. The fourth-order valence-electron chi connectivity index (χ4n) is 2.49. The normalized spacial score (nSPS) is 13.3. The van der Waals surface area contributed by atoms with E-state index in [1.54, 1.807) is 13.0 Å². The molecule has 1 N–H and O–H groups in total. The van der Waals surface area contributed by atoms with Crippen molar-refractivity contribution in [2.45, 2.75) is 26.1 Å². The molecule has 0 aliphatic rings. The number of halogens is 3. The number of thiophene rings is 1. The Balaban J connectivity index is 1.97. The van der Waals surface area contributed by atoms with Gasteiger partial charge in [0.05, 0.1) is 21.8 Å². The van der Waals surface area contributed by atoms with Crippen LogP contribution in [0.3, 0.4) is 0 Å². The smallest absolute Gasteiger partial charge is 0.362 e. The monoisotopic (exact) mass is 337 g/mol. The maximum Gasteiger partial charge on any atom is 0.416 e. The summed E-state index contributed by atoms with van der Waals surface area (Å²) in [5.74, 6) is 0.553. The van der Waals surface area contributed by atoms with Gasteiger partial charge in [-0.05, 0) is 36.4 Å². The summed E-state index contributed by atoms with van der Waals surface area (Å²) in [5.41, 5.74) is 1.41. The molecule has 0 amide bonds. The van der Waals surface area contributed by atoms with E-state index in [2.05, 4.69) is 15.3 Å². The van der Waals surface area contributed by atoms with Crippen LogP contribution in [0, 0.1) is 6.92 Å². The van der Waals surface area contributed by atoms with Gasteiger partial charge in [-0.3, -0.25) is 0 Å². The third-order valence-corrected chi connectivity index (χ3v) is 4.71. The number of nitrogens with one attached hydrogen (secondary N) is 1. The minimum absolute atomic E-state index is 0.194. The molecule has 0 aliphatic carbocycles. The highest BCUT2D eigenvalue weighted by Gasteiger charge is 2.34. The summed E-state index contributed by atoms with van der Waals surface area (Å²) in [5, 5.41) is 5.04. The minimum Gasteiger partial charge on any atom is -0.362 e. The van der Waals surface area contributed by atoms with Crippen LogP contribution in [0.15, 0.2) is 36.0 Å². The predicted octanol–water partition coefficient (Wildman–Crippen LogP) is 5.19. The van der Waals surface area contributed by atoms with Crippen LogP contribution in [0.25, 0.3) is 10.2 Å². The molecule has 3 rings (SSSR count). The maximum atomic E-state index is 13.2. The zero-order chi connectivity index (χ0) is 16.6. The Labute approximate surface area is 135 Å². The molecule has 1 unspecified atom stereocenters. The molecule has 23 heavy (non-hydrogen) atoms. The van der Waals surface area contributed by atoms with Gasteiger partial charge in [0.1, 0.15) is 12.1 Å². The van der Waals surface area contributed by atoms with E-state index < -0.39 is 17.8 Å². The van der Waals surface area contributed by atoms with Gasteiger partial charge in [0.15, 0.2) is 0 Å². The molecular formula is C16H14F3N3S. The van der Waals surface area contributed by atoms with Gasteiger partial charge in [0.2, 0.25) is 0 Å². The van der Waals surface area contributed by atoms with Crippen LogP contribution in [0.5, 0.6) is 0 Å². The predicted molar refractivity (Wildman–Crippen MR) is 85.6 cm³/mol. The van der Waals surface area contributed by atoms with Crippen molar-refractivity contribution in [3.8, 4) is 0 Å². The summed E-state index contributed by atoms with van der Waals surface area (Å²) in [6, 6.07) is 5.04. The number of hydrogen-bond acceptors (Lipinski definition) is 4. The SMILES string of the molecule is Cc1csc2c(NC(C)c3ccccc3C(F)(F)F)ncnc12. The van der Waals surface area contributed by atoms with Crippen molar-refractivity contribution in [3.05, 3.63) is 52.7 Å². The lowest BCUT2D eigenvalue weighted by atomic mass is 10.0. The summed E-state index contributed by atoms with van der Waals surface area (Å²) in [7, 11) is 0. The summed E-state index contributed by atoms with van der Waals surface area (Å²) < 4.78 is 40.3. The van der Waals surface area contributed by atoms with Crippen molar-refractivity contribution in [2.24, 2.45) is 0 Å². The van der Waals surface area contributed by atoms with Crippen molar-refractivity contribution >= 4 is 27.4 Å². The van der Waals surface area contributed by atoms with Crippen molar-refractivity contribution in [1.29, 1.82) is 0 Å². The summed E-state index contributed by atoms with van der Waals surface area (Å²) in [4.78, 5) is 8.40. The third kappa shape index (κ3) is 3.01. The standard InChI is InChI=1S/C16H14F3N3S/c1-9-7-23-14-13(9)20-8-21-15(14)22-10(2)11-5-3-4-6-12(11)16(17,18)19/h3-8,10H,1-2H3,(H,20,21,22). The highest BCUT2D eigenvalue weighted by atomic mass is 32.1. The van der Waals surface area contributed by atoms with Gasteiger partial charge >= 0.3 is 6.18 Å². The van der Waals surface area contributed by atoms with Gasteiger partial charge in [0, 0.05) is 0 Å². The minimum atomic E-state index is -4.38. The Kier molecular flexibility index (Phi) is 3.97. The number of aromatic nitrogens is 2. The second-order valence-electron chi connectivity index (χ2n) is 5.27. The Bertz CT molecular complexity index is 842. The first kappa shape index (κ1) is 15.7. The molecule has 1 atom stereocenters. The molecule has 0 aliphatic heterocycles. The fourth-order valence-corrected chi connectivity index (χ4v) is 3.44. The summed E-state index contributed by atoms with van der Waals surface area (Å²) in [6.07, 6.45) is -2.96. The van der Waals surface area contributed by atoms with E-state index in [1.807, 2.05) is 12.3 Å². The van der Waals surface area contributed by atoms with Crippen LogP contribution >= 0.6 is 11.3 Å². The quantitative estimate of drug-likeness (QED) is 0.714.